The van der Waals surface area contributed by atoms with Crippen molar-refractivity contribution in [3.63, 3.8) is 0 Å². The summed E-state index contributed by atoms with van der Waals surface area (Å²) < 4.78 is 0. The highest BCUT2D eigenvalue weighted by atomic mass is 16.2. The van der Waals surface area contributed by atoms with Crippen LogP contribution in [0.15, 0.2) is 24.3 Å². The van der Waals surface area contributed by atoms with Crippen LogP contribution in [0.2, 0.25) is 0 Å². The zero-order chi connectivity index (χ0) is 15.5. The van der Waals surface area contributed by atoms with Gasteiger partial charge in [0.1, 0.15) is 0 Å². The number of nitrogens with one attached hydrogen (secondary N) is 2. The first-order valence-electron chi connectivity index (χ1n) is 8.03. The van der Waals surface area contributed by atoms with Crippen molar-refractivity contribution >= 4 is 5.91 Å². The fraction of sp³-hybridized carbons (Fsp3) is 0.611. The van der Waals surface area contributed by atoms with E-state index in [2.05, 4.69) is 55.7 Å². The van der Waals surface area contributed by atoms with E-state index in [1.54, 1.807) is 0 Å². The molecule has 1 aromatic rings. The van der Waals surface area contributed by atoms with Crippen LogP contribution < -0.4 is 10.6 Å². The van der Waals surface area contributed by atoms with Gasteiger partial charge in [0.2, 0.25) is 5.91 Å². The molecule has 1 saturated heterocycles. The van der Waals surface area contributed by atoms with Gasteiger partial charge in [0.25, 0.3) is 0 Å². The van der Waals surface area contributed by atoms with Crippen LogP contribution in [0.4, 0.5) is 0 Å². The normalized spacial score (nSPS) is 22.9. The maximum atomic E-state index is 12.0. The summed E-state index contributed by atoms with van der Waals surface area (Å²) in [4.78, 5) is 12.0. The molecule has 2 atom stereocenters. The zero-order valence-corrected chi connectivity index (χ0v) is 13.7. The number of carbonyl (C=O) groups is 1. The quantitative estimate of drug-likeness (QED) is 0.898. The van der Waals surface area contributed by atoms with Gasteiger partial charge in [-0.05, 0) is 48.8 Å². The molecule has 0 bridgehead atoms. The van der Waals surface area contributed by atoms with Crippen molar-refractivity contribution in [3.8, 4) is 0 Å². The number of carbonyl (C=O) groups excluding carboxylic acids is 1. The smallest absolute Gasteiger partial charge is 0.237 e. The fourth-order valence-electron chi connectivity index (χ4n) is 2.97. The number of rotatable bonds is 3. The summed E-state index contributed by atoms with van der Waals surface area (Å²) in [5.41, 5.74) is 2.91. The number of hydrogen-bond acceptors (Lipinski definition) is 2. The van der Waals surface area contributed by atoms with Gasteiger partial charge in [-0.25, -0.2) is 0 Å². The summed E-state index contributed by atoms with van der Waals surface area (Å²) in [6, 6.07) is 8.90. The average Bonchev–Trinajstić information content (AvgIpc) is 2.47. The van der Waals surface area contributed by atoms with E-state index in [1.807, 2.05) is 6.92 Å². The van der Waals surface area contributed by atoms with Crippen LogP contribution in [0.1, 0.15) is 57.6 Å². The number of amides is 1. The Hall–Kier alpha value is -1.35. The van der Waals surface area contributed by atoms with E-state index in [4.69, 9.17) is 0 Å². The van der Waals surface area contributed by atoms with E-state index in [0.29, 0.717) is 12.5 Å². The minimum Gasteiger partial charge on any atom is -0.355 e. The minimum absolute atomic E-state index is 0.0500. The molecular formula is C18H28N2O. The molecule has 1 aromatic carbocycles. The molecular weight excluding hydrogens is 260 g/mol. The first kappa shape index (κ1) is 16.0. The first-order valence-corrected chi connectivity index (χ1v) is 8.03. The third-order valence-electron chi connectivity index (χ3n) is 4.32. The van der Waals surface area contributed by atoms with E-state index >= 15 is 0 Å². The summed E-state index contributed by atoms with van der Waals surface area (Å²) in [5, 5.41) is 6.24. The molecule has 1 fully saturated rings. The molecule has 0 spiro atoms. The summed E-state index contributed by atoms with van der Waals surface area (Å²) in [5.74, 6) is 0.612. The predicted octanol–water partition coefficient (Wildman–Crippen LogP) is 2.96. The fourth-order valence-corrected chi connectivity index (χ4v) is 2.97. The SMILES string of the molecule is CCNC(=O)C1CC(c2ccc(C(C)(C)C)cc2)CCN1. The van der Waals surface area contributed by atoms with E-state index in [0.717, 1.165) is 19.4 Å². The van der Waals surface area contributed by atoms with Crippen LogP contribution in [0, 0.1) is 0 Å². The number of benzene rings is 1. The molecule has 0 radical (unpaired) electrons. The Balaban J connectivity index is 2.06. The molecule has 1 heterocycles. The molecule has 116 valence electrons. The number of likely N-dealkylation sites (N-methyl/N-ethyl adjacent to an activating group) is 1. The van der Waals surface area contributed by atoms with E-state index in [9.17, 15) is 4.79 Å². The Morgan fingerprint density at radius 1 is 1.29 bits per heavy atom. The second kappa shape index (κ2) is 6.61. The summed E-state index contributed by atoms with van der Waals surface area (Å²) in [6.07, 6.45) is 1.99. The molecule has 0 aliphatic carbocycles. The molecule has 3 heteroatoms. The van der Waals surface area contributed by atoms with Gasteiger partial charge < -0.3 is 10.6 Å². The Morgan fingerprint density at radius 2 is 1.95 bits per heavy atom. The molecule has 2 unspecified atom stereocenters. The maximum Gasteiger partial charge on any atom is 0.237 e. The molecule has 1 aliphatic rings. The van der Waals surface area contributed by atoms with Crippen LogP contribution in [0.5, 0.6) is 0 Å². The van der Waals surface area contributed by atoms with Gasteiger partial charge >= 0.3 is 0 Å². The lowest BCUT2D eigenvalue weighted by molar-refractivity contribution is -0.123. The van der Waals surface area contributed by atoms with Crippen molar-refractivity contribution in [1.29, 1.82) is 0 Å². The maximum absolute atomic E-state index is 12.0. The topological polar surface area (TPSA) is 41.1 Å². The lowest BCUT2D eigenvalue weighted by Crippen LogP contribution is -2.48. The second-order valence-corrected chi connectivity index (χ2v) is 6.99. The van der Waals surface area contributed by atoms with Crippen molar-refractivity contribution in [3.05, 3.63) is 35.4 Å². The monoisotopic (exact) mass is 288 g/mol. The van der Waals surface area contributed by atoms with Crippen molar-refractivity contribution in [2.45, 2.75) is 57.9 Å². The zero-order valence-electron chi connectivity index (χ0n) is 13.7. The highest BCUT2D eigenvalue weighted by Crippen LogP contribution is 2.30. The lowest BCUT2D eigenvalue weighted by Gasteiger charge is -2.30. The van der Waals surface area contributed by atoms with Crippen LogP contribution >= 0.6 is 0 Å². The summed E-state index contributed by atoms with van der Waals surface area (Å²) in [6.45, 7) is 10.3. The third kappa shape index (κ3) is 4.07. The molecule has 0 aromatic heterocycles. The molecule has 3 nitrogen and oxygen atoms in total. The Kier molecular flexibility index (Phi) is 5.04. The van der Waals surface area contributed by atoms with Gasteiger partial charge in [-0.1, -0.05) is 45.0 Å². The van der Waals surface area contributed by atoms with Gasteiger partial charge in [0, 0.05) is 6.54 Å². The van der Waals surface area contributed by atoms with Gasteiger partial charge in [0.15, 0.2) is 0 Å². The predicted molar refractivity (Wildman–Crippen MR) is 87.6 cm³/mol. The third-order valence-corrected chi connectivity index (χ3v) is 4.32. The Bertz CT molecular complexity index is 473. The van der Waals surface area contributed by atoms with Gasteiger partial charge in [0.05, 0.1) is 6.04 Å². The average molecular weight is 288 g/mol. The van der Waals surface area contributed by atoms with Crippen LogP contribution in [-0.4, -0.2) is 25.0 Å². The summed E-state index contributed by atoms with van der Waals surface area (Å²) in [7, 11) is 0. The van der Waals surface area contributed by atoms with Gasteiger partial charge in [-0.2, -0.15) is 0 Å². The minimum atomic E-state index is -0.0500. The van der Waals surface area contributed by atoms with Crippen LogP contribution in [0.3, 0.4) is 0 Å². The highest BCUT2D eigenvalue weighted by Gasteiger charge is 2.27. The Labute approximate surface area is 128 Å². The van der Waals surface area contributed by atoms with E-state index in [1.165, 1.54) is 11.1 Å². The van der Waals surface area contributed by atoms with Crippen molar-refractivity contribution in [2.24, 2.45) is 0 Å². The standard InChI is InChI=1S/C18H28N2O/c1-5-19-17(21)16-12-14(10-11-20-16)13-6-8-15(9-7-13)18(2,3)4/h6-9,14,16,20H,5,10-12H2,1-4H3,(H,19,21). The van der Waals surface area contributed by atoms with Crippen molar-refractivity contribution in [1.82, 2.24) is 10.6 Å². The van der Waals surface area contributed by atoms with E-state index < -0.39 is 0 Å². The molecule has 0 saturated carbocycles. The highest BCUT2D eigenvalue weighted by molar-refractivity contribution is 5.81. The van der Waals surface area contributed by atoms with Crippen molar-refractivity contribution in [2.75, 3.05) is 13.1 Å². The van der Waals surface area contributed by atoms with Crippen LogP contribution in [0.25, 0.3) is 0 Å². The molecule has 2 rings (SSSR count). The lowest BCUT2D eigenvalue weighted by atomic mass is 9.82. The largest absolute Gasteiger partial charge is 0.355 e. The molecule has 21 heavy (non-hydrogen) atoms. The van der Waals surface area contributed by atoms with Crippen LogP contribution in [-0.2, 0) is 10.2 Å². The van der Waals surface area contributed by atoms with E-state index in [-0.39, 0.29) is 17.4 Å². The molecule has 2 N–H and O–H groups in total. The Morgan fingerprint density at radius 3 is 2.52 bits per heavy atom. The molecule has 1 amide bonds. The van der Waals surface area contributed by atoms with Gasteiger partial charge in [-0.3, -0.25) is 4.79 Å². The first-order chi connectivity index (χ1) is 9.91. The van der Waals surface area contributed by atoms with Gasteiger partial charge in [-0.15, -0.1) is 0 Å². The molecule has 1 aliphatic heterocycles. The summed E-state index contributed by atoms with van der Waals surface area (Å²) >= 11 is 0. The number of hydrogen-bond donors (Lipinski definition) is 2. The second-order valence-electron chi connectivity index (χ2n) is 6.99. The number of piperidine rings is 1. The van der Waals surface area contributed by atoms with Crippen molar-refractivity contribution < 1.29 is 4.79 Å².